The van der Waals surface area contributed by atoms with Crippen molar-refractivity contribution in [3.05, 3.63) is 76.6 Å². The van der Waals surface area contributed by atoms with Crippen LogP contribution in [-0.2, 0) is 16.2 Å². The molecule has 160 valence electrons. The standard InChI is InChI=1S/C21H11F3N4O2S2/c22-21(23,24)16-3-1-13(2-4-16)15-9-14(10-25)20-27-11-17(28(20)12-15)5-6-18-7-8-19(31-18)32(26,29)30/h1-4,7-9,11-12H,(H2,26,29,30). The van der Waals surface area contributed by atoms with E-state index in [1.54, 1.807) is 16.7 Å². The first-order valence-electron chi connectivity index (χ1n) is 8.80. The molecule has 0 aliphatic heterocycles. The zero-order valence-electron chi connectivity index (χ0n) is 15.9. The molecule has 0 fully saturated rings. The van der Waals surface area contributed by atoms with Gasteiger partial charge >= 0.3 is 6.18 Å². The number of pyridine rings is 1. The third-order valence-electron chi connectivity index (χ3n) is 4.45. The van der Waals surface area contributed by atoms with Crippen LogP contribution in [0.1, 0.15) is 21.7 Å². The van der Waals surface area contributed by atoms with Crippen LogP contribution >= 0.6 is 11.3 Å². The molecule has 3 heterocycles. The lowest BCUT2D eigenvalue weighted by molar-refractivity contribution is -0.137. The van der Waals surface area contributed by atoms with Gasteiger partial charge in [0.25, 0.3) is 0 Å². The number of fused-ring (bicyclic) bond motifs is 1. The molecular weight excluding hydrogens is 461 g/mol. The minimum atomic E-state index is -4.45. The number of rotatable bonds is 2. The summed E-state index contributed by atoms with van der Waals surface area (Å²) in [5.74, 6) is 5.71. The highest BCUT2D eigenvalue weighted by atomic mass is 32.2. The molecule has 2 N–H and O–H groups in total. The fourth-order valence-electron chi connectivity index (χ4n) is 2.94. The maximum absolute atomic E-state index is 12.8. The van der Waals surface area contributed by atoms with Gasteiger partial charge in [0.2, 0.25) is 10.0 Å². The van der Waals surface area contributed by atoms with Gasteiger partial charge in [0.1, 0.15) is 16.0 Å². The van der Waals surface area contributed by atoms with Gasteiger partial charge in [-0.15, -0.1) is 11.3 Å². The van der Waals surface area contributed by atoms with Crippen LogP contribution in [-0.4, -0.2) is 17.8 Å². The molecule has 0 bridgehead atoms. The number of hydrogen-bond donors (Lipinski definition) is 1. The summed E-state index contributed by atoms with van der Waals surface area (Å²) in [5, 5.41) is 14.6. The van der Waals surface area contributed by atoms with E-state index < -0.39 is 21.8 Å². The molecule has 6 nitrogen and oxygen atoms in total. The number of nitriles is 1. The number of imidazole rings is 1. The zero-order chi connectivity index (χ0) is 23.1. The van der Waals surface area contributed by atoms with Crippen molar-refractivity contribution in [2.24, 2.45) is 5.14 Å². The number of primary sulfonamides is 1. The summed E-state index contributed by atoms with van der Waals surface area (Å²) in [5.41, 5.74) is 1.20. The molecule has 4 aromatic rings. The van der Waals surface area contributed by atoms with Crippen LogP contribution < -0.4 is 5.14 Å². The van der Waals surface area contributed by atoms with E-state index in [2.05, 4.69) is 16.8 Å². The summed E-state index contributed by atoms with van der Waals surface area (Å²) in [6.07, 6.45) is -1.37. The van der Waals surface area contributed by atoms with Gasteiger partial charge in [-0.25, -0.2) is 18.5 Å². The molecule has 0 saturated carbocycles. The SMILES string of the molecule is N#Cc1cc(-c2ccc(C(F)(F)F)cc2)cn2c(C#Cc3ccc(S(N)(=O)=O)s3)cnc12. The lowest BCUT2D eigenvalue weighted by Crippen LogP contribution is -2.09. The highest BCUT2D eigenvalue weighted by molar-refractivity contribution is 7.91. The Morgan fingerprint density at radius 1 is 1.06 bits per heavy atom. The van der Waals surface area contributed by atoms with Crippen molar-refractivity contribution in [3.63, 3.8) is 0 Å². The van der Waals surface area contributed by atoms with Gasteiger partial charge < -0.3 is 0 Å². The Morgan fingerprint density at radius 3 is 2.38 bits per heavy atom. The molecule has 0 radical (unpaired) electrons. The lowest BCUT2D eigenvalue weighted by atomic mass is 10.0. The average Bonchev–Trinajstić information content (AvgIpc) is 3.38. The van der Waals surface area contributed by atoms with Crippen molar-refractivity contribution in [2.75, 3.05) is 0 Å². The number of thiophene rings is 1. The fourth-order valence-corrected chi connectivity index (χ4v) is 4.52. The molecule has 32 heavy (non-hydrogen) atoms. The molecule has 0 unspecified atom stereocenters. The molecule has 4 rings (SSSR count). The van der Waals surface area contributed by atoms with Gasteiger partial charge in [0.15, 0.2) is 5.65 Å². The Hall–Kier alpha value is -3.64. The number of halogens is 3. The third-order valence-corrected chi connectivity index (χ3v) is 6.89. The van der Waals surface area contributed by atoms with Gasteiger partial charge in [-0.05, 0) is 53.3 Å². The topological polar surface area (TPSA) is 101 Å². The van der Waals surface area contributed by atoms with Gasteiger partial charge in [0, 0.05) is 6.20 Å². The van der Waals surface area contributed by atoms with Gasteiger partial charge in [0.05, 0.1) is 22.2 Å². The Balaban J connectivity index is 1.77. The number of nitrogens with two attached hydrogens (primary N) is 1. The highest BCUT2D eigenvalue weighted by Gasteiger charge is 2.30. The number of alkyl halides is 3. The quantitative estimate of drug-likeness (QED) is 0.446. The molecule has 0 amide bonds. The molecule has 0 aliphatic carbocycles. The largest absolute Gasteiger partial charge is 0.416 e. The molecule has 0 atom stereocenters. The van der Waals surface area contributed by atoms with E-state index in [1.807, 2.05) is 6.07 Å². The van der Waals surface area contributed by atoms with E-state index in [1.165, 1.54) is 30.5 Å². The van der Waals surface area contributed by atoms with Crippen LogP contribution in [0.25, 0.3) is 16.8 Å². The first-order chi connectivity index (χ1) is 15.1. The van der Waals surface area contributed by atoms with Crippen molar-refractivity contribution >= 4 is 27.0 Å². The second kappa shape index (κ2) is 7.80. The van der Waals surface area contributed by atoms with E-state index in [4.69, 9.17) is 5.14 Å². The molecule has 0 saturated heterocycles. The zero-order valence-corrected chi connectivity index (χ0v) is 17.5. The molecule has 0 aliphatic rings. The Kier molecular flexibility index (Phi) is 5.26. The van der Waals surface area contributed by atoms with Gasteiger partial charge in [-0.3, -0.25) is 4.40 Å². The average molecular weight is 472 g/mol. The molecule has 11 heteroatoms. The maximum atomic E-state index is 12.8. The van der Waals surface area contributed by atoms with E-state index in [9.17, 15) is 26.9 Å². The number of hydrogen-bond acceptors (Lipinski definition) is 5. The predicted molar refractivity (Wildman–Crippen MR) is 112 cm³/mol. The van der Waals surface area contributed by atoms with Gasteiger partial charge in [-0.2, -0.15) is 18.4 Å². The number of benzene rings is 1. The lowest BCUT2D eigenvalue weighted by Gasteiger charge is -2.09. The minimum Gasteiger partial charge on any atom is -0.291 e. The summed E-state index contributed by atoms with van der Waals surface area (Å²) in [6.45, 7) is 0. The molecular formula is C21H11F3N4O2S2. The first kappa shape index (κ1) is 21.6. The monoisotopic (exact) mass is 472 g/mol. The van der Waals surface area contributed by atoms with Crippen molar-refractivity contribution < 1.29 is 21.6 Å². The molecule has 3 aromatic heterocycles. The van der Waals surface area contributed by atoms with Crippen LogP contribution in [0, 0.1) is 23.2 Å². The Labute approximate surface area is 184 Å². The summed E-state index contributed by atoms with van der Waals surface area (Å²) in [6, 6.07) is 11.1. The van der Waals surface area contributed by atoms with Gasteiger partial charge in [-0.1, -0.05) is 12.1 Å². The van der Waals surface area contributed by atoms with E-state index in [0.29, 0.717) is 27.3 Å². The fraction of sp³-hybridized carbons (Fsp3) is 0.0476. The van der Waals surface area contributed by atoms with Crippen molar-refractivity contribution in [1.82, 2.24) is 9.38 Å². The van der Waals surface area contributed by atoms with Crippen molar-refractivity contribution in [1.29, 1.82) is 5.26 Å². The summed E-state index contributed by atoms with van der Waals surface area (Å²) >= 11 is 0.918. The second-order valence-corrected chi connectivity index (χ2v) is 9.45. The Morgan fingerprint density at radius 2 is 1.78 bits per heavy atom. The van der Waals surface area contributed by atoms with Crippen molar-refractivity contribution in [2.45, 2.75) is 10.4 Å². The van der Waals surface area contributed by atoms with Crippen LogP contribution in [0.4, 0.5) is 13.2 Å². The number of sulfonamides is 1. The Bertz CT molecular complexity index is 1550. The number of nitrogens with zero attached hydrogens (tertiary/aromatic N) is 3. The van der Waals surface area contributed by atoms with Crippen LogP contribution in [0.3, 0.4) is 0 Å². The first-order valence-corrected chi connectivity index (χ1v) is 11.2. The van der Waals surface area contributed by atoms with Crippen molar-refractivity contribution in [3.8, 4) is 29.0 Å². The van der Waals surface area contributed by atoms with E-state index in [0.717, 1.165) is 23.5 Å². The van der Waals surface area contributed by atoms with E-state index >= 15 is 0 Å². The smallest absolute Gasteiger partial charge is 0.291 e. The minimum absolute atomic E-state index is 0.0173. The highest BCUT2D eigenvalue weighted by Crippen LogP contribution is 2.31. The predicted octanol–water partition coefficient (Wildman–Crippen LogP) is 4.00. The summed E-state index contributed by atoms with van der Waals surface area (Å²) < 4.78 is 62.9. The second-order valence-electron chi connectivity index (χ2n) is 6.58. The van der Waals surface area contributed by atoms with Crippen LogP contribution in [0.5, 0.6) is 0 Å². The molecule has 0 spiro atoms. The van der Waals surface area contributed by atoms with E-state index in [-0.39, 0.29) is 9.77 Å². The van der Waals surface area contributed by atoms with Crippen LogP contribution in [0.15, 0.2) is 59.1 Å². The normalized spacial score (nSPS) is 11.7. The summed E-state index contributed by atoms with van der Waals surface area (Å²) in [4.78, 5) is 4.67. The molecule has 1 aromatic carbocycles. The maximum Gasteiger partial charge on any atom is 0.416 e. The summed E-state index contributed by atoms with van der Waals surface area (Å²) in [7, 11) is -3.82. The third kappa shape index (κ3) is 4.22. The van der Waals surface area contributed by atoms with Crippen LogP contribution in [0.2, 0.25) is 0 Å². The number of aromatic nitrogens is 2.